The number of hydrogen-bond donors (Lipinski definition) is 0. The van der Waals surface area contributed by atoms with Gasteiger partial charge in [0.15, 0.2) is 0 Å². The zero-order valence-electron chi connectivity index (χ0n) is 14.2. The third-order valence-corrected chi connectivity index (χ3v) is 6.02. The van der Waals surface area contributed by atoms with Gasteiger partial charge in [0.1, 0.15) is 5.00 Å². The Hall–Kier alpha value is -1.90. The van der Waals surface area contributed by atoms with Crippen LogP contribution < -0.4 is 4.90 Å². The molecule has 0 N–H and O–H groups in total. The predicted molar refractivity (Wildman–Crippen MR) is 101 cm³/mol. The fourth-order valence-corrected chi connectivity index (χ4v) is 4.75. The maximum atomic E-state index is 12.0. The summed E-state index contributed by atoms with van der Waals surface area (Å²) in [5, 5.41) is 10.4. The van der Waals surface area contributed by atoms with Crippen LogP contribution >= 0.6 is 22.9 Å². The van der Waals surface area contributed by atoms with Gasteiger partial charge in [-0.15, -0.1) is 11.3 Å². The highest BCUT2D eigenvalue weighted by atomic mass is 35.5. The van der Waals surface area contributed by atoms with Crippen LogP contribution in [0.5, 0.6) is 0 Å². The van der Waals surface area contributed by atoms with Gasteiger partial charge in [-0.3, -0.25) is 9.69 Å². The topological polar surface area (TPSA) is 57.0 Å². The fourth-order valence-electron chi connectivity index (χ4n) is 3.38. The first kappa shape index (κ1) is 17.9. The number of amides is 1. The Balaban J connectivity index is 1.81. The first-order chi connectivity index (χ1) is 12.1. The molecule has 1 fully saturated rings. The van der Waals surface area contributed by atoms with Crippen molar-refractivity contribution in [3.8, 4) is 6.07 Å². The minimum atomic E-state index is -0.526. The zero-order chi connectivity index (χ0) is 17.8. The number of halogens is 1. The van der Waals surface area contributed by atoms with Crippen molar-refractivity contribution in [3.05, 3.63) is 46.1 Å². The third kappa shape index (κ3) is 4.39. The highest BCUT2D eigenvalue weighted by molar-refractivity contribution is 7.16. The van der Waals surface area contributed by atoms with Gasteiger partial charge in [-0.25, -0.2) is 4.98 Å². The van der Waals surface area contributed by atoms with Gasteiger partial charge >= 0.3 is 5.37 Å². The van der Waals surface area contributed by atoms with E-state index < -0.39 is 5.37 Å². The Morgan fingerprint density at radius 3 is 2.88 bits per heavy atom. The number of carbonyl (C=O) groups excluding carboxylic acids is 1. The molecule has 1 heterocycles. The minimum Gasteiger partial charge on any atom is -0.284 e. The molecule has 1 aromatic carbocycles. The van der Waals surface area contributed by atoms with Gasteiger partial charge in [0, 0.05) is 6.42 Å². The monoisotopic (exact) mass is 373 g/mol. The molecule has 2 aromatic rings. The van der Waals surface area contributed by atoms with Crippen molar-refractivity contribution in [1.29, 1.82) is 5.26 Å². The van der Waals surface area contributed by atoms with E-state index in [1.807, 2.05) is 19.1 Å². The number of anilines is 1. The van der Waals surface area contributed by atoms with Crippen molar-refractivity contribution in [2.45, 2.75) is 45.6 Å². The number of thiazole rings is 1. The van der Waals surface area contributed by atoms with E-state index in [1.54, 1.807) is 28.4 Å². The van der Waals surface area contributed by atoms with Gasteiger partial charge in [-0.1, -0.05) is 37.8 Å². The SMILES string of the molecule is Cc1nc(CC2CCCC2)sc1N(Cc1cccc(C#N)c1)C(=O)Cl. The molecule has 0 saturated heterocycles. The third-order valence-electron chi connectivity index (χ3n) is 4.61. The van der Waals surface area contributed by atoms with E-state index in [0.717, 1.165) is 27.7 Å². The van der Waals surface area contributed by atoms with Crippen molar-refractivity contribution in [2.75, 3.05) is 4.90 Å². The normalized spacial score (nSPS) is 14.4. The predicted octanol–water partition coefficient (Wildman–Crippen LogP) is 5.42. The maximum Gasteiger partial charge on any atom is 0.321 e. The van der Waals surface area contributed by atoms with Crippen LogP contribution in [0.3, 0.4) is 0 Å². The fraction of sp³-hybridized carbons (Fsp3) is 0.421. The molecule has 1 aromatic heterocycles. The van der Waals surface area contributed by atoms with Gasteiger partial charge in [0.2, 0.25) is 0 Å². The molecule has 6 heteroatoms. The summed E-state index contributed by atoms with van der Waals surface area (Å²) < 4.78 is 0. The summed E-state index contributed by atoms with van der Waals surface area (Å²) in [6.45, 7) is 2.26. The van der Waals surface area contributed by atoms with Crippen LogP contribution in [0.1, 0.15) is 47.5 Å². The number of rotatable bonds is 5. The van der Waals surface area contributed by atoms with E-state index in [9.17, 15) is 4.79 Å². The molecule has 130 valence electrons. The molecule has 0 spiro atoms. The lowest BCUT2D eigenvalue weighted by Gasteiger charge is -2.18. The highest BCUT2D eigenvalue weighted by Gasteiger charge is 2.23. The molecule has 0 unspecified atom stereocenters. The molecular weight excluding hydrogens is 354 g/mol. The summed E-state index contributed by atoms with van der Waals surface area (Å²) in [5.41, 5.74) is 2.28. The van der Waals surface area contributed by atoms with E-state index >= 15 is 0 Å². The summed E-state index contributed by atoms with van der Waals surface area (Å²) in [4.78, 5) is 18.2. The van der Waals surface area contributed by atoms with E-state index in [0.29, 0.717) is 18.0 Å². The van der Waals surface area contributed by atoms with Gasteiger partial charge in [-0.2, -0.15) is 5.26 Å². The number of aromatic nitrogens is 1. The smallest absolute Gasteiger partial charge is 0.284 e. The van der Waals surface area contributed by atoms with Crippen molar-refractivity contribution < 1.29 is 4.79 Å². The van der Waals surface area contributed by atoms with Crippen molar-refractivity contribution in [3.63, 3.8) is 0 Å². The van der Waals surface area contributed by atoms with Crippen LogP contribution in [-0.2, 0) is 13.0 Å². The van der Waals surface area contributed by atoms with E-state index in [2.05, 4.69) is 11.1 Å². The number of nitrogens with zero attached hydrogens (tertiary/aromatic N) is 3. The number of benzene rings is 1. The largest absolute Gasteiger partial charge is 0.321 e. The van der Waals surface area contributed by atoms with Crippen LogP contribution in [0.4, 0.5) is 9.80 Å². The maximum absolute atomic E-state index is 12.0. The zero-order valence-corrected chi connectivity index (χ0v) is 15.7. The average Bonchev–Trinajstić information content (AvgIpc) is 3.22. The van der Waals surface area contributed by atoms with Crippen molar-refractivity contribution in [2.24, 2.45) is 5.92 Å². The highest BCUT2D eigenvalue weighted by Crippen LogP contribution is 2.35. The molecule has 4 nitrogen and oxygen atoms in total. The lowest BCUT2D eigenvalue weighted by atomic mass is 10.1. The second-order valence-corrected chi connectivity index (χ2v) is 7.89. The summed E-state index contributed by atoms with van der Waals surface area (Å²) in [7, 11) is 0. The van der Waals surface area contributed by atoms with Gasteiger partial charge in [0.25, 0.3) is 0 Å². The number of nitriles is 1. The summed E-state index contributed by atoms with van der Waals surface area (Å²) in [5.74, 6) is 0.714. The Morgan fingerprint density at radius 1 is 1.44 bits per heavy atom. The van der Waals surface area contributed by atoms with Crippen molar-refractivity contribution >= 4 is 33.3 Å². The first-order valence-electron chi connectivity index (χ1n) is 8.49. The summed E-state index contributed by atoms with van der Waals surface area (Å²) in [6, 6.07) is 9.35. The lowest BCUT2D eigenvalue weighted by Crippen LogP contribution is -2.24. The van der Waals surface area contributed by atoms with Gasteiger partial charge in [-0.05, 0) is 42.1 Å². The quantitative estimate of drug-likeness (QED) is 0.519. The summed E-state index contributed by atoms with van der Waals surface area (Å²) in [6.07, 6.45) is 6.15. The molecular formula is C19H20ClN3OS. The Morgan fingerprint density at radius 2 is 2.20 bits per heavy atom. The molecule has 1 aliphatic rings. The molecule has 0 radical (unpaired) electrons. The molecule has 0 atom stereocenters. The van der Waals surface area contributed by atoms with E-state index in [-0.39, 0.29) is 0 Å². The molecule has 3 rings (SSSR count). The number of carbonyl (C=O) groups is 1. The van der Waals surface area contributed by atoms with Crippen LogP contribution in [0.15, 0.2) is 24.3 Å². The first-order valence-corrected chi connectivity index (χ1v) is 9.68. The van der Waals surface area contributed by atoms with Crippen LogP contribution in [-0.4, -0.2) is 10.4 Å². The summed E-state index contributed by atoms with van der Waals surface area (Å²) >= 11 is 7.41. The second-order valence-electron chi connectivity index (χ2n) is 6.50. The standard InChI is InChI=1S/C19H20ClN3OS/c1-13-18(25-17(22-13)10-14-5-2-3-6-14)23(19(20)24)12-16-8-4-7-15(9-16)11-21/h4,7-9,14H,2-3,5-6,10,12H2,1H3. The second kappa shape index (κ2) is 7.99. The van der Waals surface area contributed by atoms with Crippen LogP contribution in [0.2, 0.25) is 0 Å². The van der Waals surface area contributed by atoms with E-state index in [4.69, 9.17) is 16.9 Å². The van der Waals surface area contributed by atoms with Gasteiger partial charge in [0.05, 0.1) is 28.9 Å². The molecule has 0 bridgehead atoms. The number of aryl methyl sites for hydroxylation is 1. The molecule has 0 aliphatic heterocycles. The molecule has 1 aliphatic carbocycles. The Kier molecular flexibility index (Phi) is 5.72. The Labute approximate surface area is 157 Å². The van der Waals surface area contributed by atoms with Crippen LogP contribution in [0, 0.1) is 24.2 Å². The molecule has 25 heavy (non-hydrogen) atoms. The average molecular weight is 374 g/mol. The van der Waals surface area contributed by atoms with Gasteiger partial charge < -0.3 is 0 Å². The molecule has 1 amide bonds. The number of hydrogen-bond acceptors (Lipinski definition) is 4. The van der Waals surface area contributed by atoms with Crippen molar-refractivity contribution in [1.82, 2.24) is 4.98 Å². The molecule has 1 saturated carbocycles. The lowest BCUT2D eigenvalue weighted by molar-refractivity contribution is 0.264. The minimum absolute atomic E-state index is 0.337. The Bertz CT molecular complexity index is 805. The van der Waals surface area contributed by atoms with E-state index in [1.165, 1.54) is 25.7 Å². The van der Waals surface area contributed by atoms with Crippen LogP contribution in [0.25, 0.3) is 0 Å².